The number of thiocarbonyl (C=S) groups is 1. The highest BCUT2D eigenvalue weighted by Crippen LogP contribution is 2.42. The summed E-state index contributed by atoms with van der Waals surface area (Å²) in [5.41, 5.74) is 12.4. The molecule has 0 unspecified atom stereocenters. The molecule has 1 saturated heterocycles. The molecule has 1 aliphatic rings. The summed E-state index contributed by atoms with van der Waals surface area (Å²) in [6.45, 7) is 15.4. The number of hydrogen-bond donors (Lipinski definition) is 2. The smallest absolute Gasteiger partial charge is 0.226 e. The summed E-state index contributed by atoms with van der Waals surface area (Å²) in [6.07, 6.45) is 2.13. The van der Waals surface area contributed by atoms with Gasteiger partial charge in [0, 0.05) is 36.2 Å². The van der Waals surface area contributed by atoms with Gasteiger partial charge in [0.2, 0.25) is 5.91 Å². The van der Waals surface area contributed by atoms with Crippen LogP contribution in [0.5, 0.6) is 0 Å². The van der Waals surface area contributed by atoms with Gasteiger partial charge in [0.25, 0.3) is 0 Å². The molecule has 1 aliphatic heterocycles. The molecule has 2 aromatic carbocycles. The van der Waals surface area contributed by atoms with Crippen LogP contribution in [-0.2, 0) is 4.79 Å². The van der Waals surface area contributed by atoms with Crippen LogP contribution in [0.3, 0.4) is 0 Å². The molecule has 1 amide bonds. The summed E-state index contributed by atoms with van der Waals surface area (Å²) in [5, 5.41) is 7.28. The number of hydrogen-bond acceptors (Lipinski definition) is 3. The maximum Gasteiger partial charge on any atom is 0.226 e. The molecule has 4 aromatic rings. The van der Waals surface area contributed by atoms with E-state index in [9.17, 15) is 4.79 Å². The van der Waals surface area contributed by atoms with Gasteiger partial charge in [0.05, 0.1) is 23.5 Å². The van der Waals surface area contributed by atoms with Crippen molar-refractivity contribution in [3.8, 4) is 5.69 Å². The largest absolute Gasteiger partial charge is 0.352 e. The topological polar surface area (TPSA) is 62.2 Å². The van der Waals surface area contributed by atoms with Crippen molar-refractivity contribution in [3.05, 3.63) is 111 Å². The van der Waals surface area contributed by atoms with E-state index in [-0.39, 0.29) is 18.0 Å². The van der Waals surface area contributed by atoms with Crippen LogP contribution in [0.4, 0.5) is 5.69 Å². The average Bonchev–Trinajstić information content (AvgIpc) is 3.40. The van der Waals surface area contributed by atoms with Crippen molar-refractivity contribution < 1.29 is 4.79 Å². The number of aromatic nitrogens is 2. The molecule has 212 valence electrons. The van der Waals surface area contributed by atoms with Crippen molar-refractivity contribution in [2.24, 2.45) is 0 Å². The second-order valence-electron chi connectivity index (χ2n) is 11.3. The van der Waals surface area contributed by atoms with E-state index in [1.165, 1.54) is 33.6 Å². The Hall–Kier alpha value is -3.97. The molecule has 2 N–H and O–H groups in total. The molecule has 5 rings (SSSR count). The normalized spacial score (nSPS) is 16.7. The zero-order chi connectivity index (χ0) is 29.4. The highest BCUT2D eigenvalue weighted by atomic mass is 32.1. The van der Waals surface area contributed by atoms with Gasteiger partial charge in [-0.25, -0.2) is 0 Å². The molecule has 0 aliphatic carbocycles. The van der Waals surface area contributed by atoms with Crippen molar-refractivity contribution in [1.29, 1.82) is 0 Å². The molecule has 1 fully saturated rings. The molecule has 2 aromatic heterocycles. The fourth-order valence-electron chi connectivity index (χ4n) is 6.25. The van der Waals surface area contributed by atoms with Gasteiger partial charge < -0.3 is 20.1 Å². The van der Waals surface area contributed by atoms with Gasteiger partial charge in [-0.2, -0.15) is 0 Å². The van der Waals surface area contributed by atoms with Crippen molar-refractivity contribution in [2.75, 3.05) is 11.9 Å². The van der Waals surface area contributed by atoms with E-state index in [1.54, 1.807) is 0 Å². The third-order valence-electron chi connectivity index (χ3n) is 8.09. The van der Waals surface area contributed by atoms with Gasteiger partial charge in [-0.1, -0.05) is 35.9 Å². The standard InChI is InChI=1S/C34H39N5OS/c1-20-11-12-22(3)29(18-20)36-30(40)13-15-38-33(31(37-34(38)41)28-10-8-9-14-35-28)27-19-25(6)39(26(27)7)32-23(4)16-21(2)17-24(32)5/h8-12,14,16-19,31,33H,13,15H2,1-7H3,(H,36,40)(H,37,41)/t31-,33+/m0/s1. The Balaban J connectivity index is 1.50. The first kappa shape index (κ1) is 28.6. The Labute approximate surface area is 248 Å². The number of nitrogens with one attached hydrogen (secondary N) is 2. The first-order chi connectivity index (χ1) is 19.5. The van der Waals surface area contributed by atoms with Crippen LogP contribution < -0.4 is 10.6 Å². The molecule has 0 radical (unpaired) electrons. The minimum absolute atomic E-state index is 0.0297. The number of carbonyl (C=O) groups is 1. The molecule has 6 nitrogen and oxygen atoms in total. The van der Waals surface area contributed by atoms with E-state index < -0.39 is 0 Å². The third kappa shape index (κ3) is 5.64. The highest BCUT2D eigenvalue weighted by Gasteiger charge is 2.41. The zero-order valence-electron chi connectivity index (χ0n) is 25.0. The van der Waals surface area contributed by atoms with Crippen molar-refractivity contribution in [3.63, 3.8) is 0 Å². The van der Waals surface area contributed by atoms with Gasteiger partial charge in [-0.15, -0.1) is 0 Å². The van der Waals surface area contributed by atoms with E-state index >= 15 is 0 Å². The molecular formula is C34H39N5OS. The molecule has 0 bridgehead atoms. The molecule has 7 heteroatoms. The highest BCUT2D eigenvalue weighted by molar-refractivity contribution is 7.80. The summed E-state index contributed by atoms with van der Waals surface area (Å²) in [6, 6.07) is 18.6. The van der Waals surface area contributed by atoms with Crippen molar-refractivity contribution >= 4 is 28.9 Å². The Morgan fingerprint density at radius 1 is 0.927 bits per heavy atom. The number of carbonyl (C=O) groups excluding carboxylic acids is 1. The van der Waals surface area contributed by atoms with Crippen molar-refractivity contribution in [1.82, 2.24) is 19.8 Å². The minimum Gasteiger partial charge on any atom is -0.352 e. The molecule has 0 spiro atoms. The second-order valence-corrected chi connectivity index (χ2v) is 11.7. The summed E-state index contributed by atoms with van der Waals surface area (Å²) in [7, 11) is 0. The summed E-state index contributed by atoms with van der Waals surface area (Å²) in [4.78, 5) is 20.0. The Kier molecular flexibility index (Phi) is 8.00. The number of anilines is 1. The van der Waals surface area contributed by atoms with E-state index in [1.807, 2.05) is 50.4 Å². The number of rotatable bonds is 7. The zero-order valence-corrected chi connectivity index (χ0v) is 25.8. The lowest BCUT2D eigenvalue weighted by atomic mass is 9.96. The second kappa shape index (κ2) is 11.5. The van der Waals surface area contributed by atoms with Gasteiger partial charge >= 0.3 is 0 Å². The molecule has 0 saturated carbocycles. The number of aryl methyl sites for hydroxylation is 6. The third-order valence-corrected chi connectivity index (χ3v) is 8.44. The van der Waals surface area contributed by atoms with E-state index in [0.717, 1.165) is 28.2 Å². The van der Waals surface area contributed by atoms with Crippen LogP contribution in [0.25, 0.3) is 5.69 Å². The number of nitrogens with zero attached hydrogens (tertiary/aromatic N) is 3. The summed E-state index contributed by atoms with van der Waals surface area (Å²) < 4.78 is 2.36. The summed E-state index contributed by atoms with van der Waals surface area (Å²) in [5.74, 6) is -0.0297. The van der Waals surface area contributed by atoms with Gasteiger partial charge in [-0.3, -0.25) is 9.78 Å². The first-order valence-electron chi connectivity index (χ1n) is 14.2. The molecular weight excluding hydrogens is 526 g/mol. The molecule has 3 heterocycles. The quantitative estimate of drug-likeness (QED) is 0.236. The van der Waals surface area contributed by atoms with E-state index in [4.69, 9.17) is 17.2 Å². The van der Waals surface area contributed by atoms with Gasteiger partial charge in [0.1, 0.15) is 0 Å². The Morgan fingerprint density at radius 3 is 2.34 bits per heavy atom. The van der Waals surface area contributed by atoms with E-state index in [2.05, 4.69) is 79.0 Å². The predicted octanol–water partition coefficient (Wildman–Crippen LogP) is 7.03. The number of amides is 1. The van der Waals surface area contributed by atoms with Crippen molar-refractivity contribution in [2.45, 2.75) is 67.0 Å². The molecule has 2 atom stereocenters. The lowest BCUT2D eigenvalue weighted by Crippen LogP contribution is -2.33. The maximum absolute atomic E-state index is 13.1. The van der Waals surface area contributed by atoms with Crippen LogP contribution in [-0.4, -0.2) is 32.0 Å². The number of benzene rings is 2. The van der Waals surface area contributed by atoms with Crippen LogP contribution in [0.1, 0.15) is 69.0 Å². The lowest BCUT2D eigenvalue weighted by Gasteiger charge is -2.28. The monoisotopic (exact) mass is 565 g/mol. The maximum atomic E-state index is 13.1. The van der Waals surface area contributed by atoms with Crippen LogP contribution in [0.15, 0.2) is 60.8 Å². The van der Waals surface area contributed by atoms with Crippen LogP contribution in [0, 0.1) is 48.5 Å². The fourth-order valence-corrected chi connectivity index (χ4v) is 6.58. The van der Waals surface area contributed by atoms with Crippen LogP contribution in [0.2, 0.25) is 0 Å². The first-order valence-corrected chi connectivity index (χ1v) is 14.6. The fraction of sp³-hybridized carbons (Fsp3) is 0.324. The van der Waals surface area contributed by atoms with Crippen LogP contribution >= 0.6 is 12.2 Å². The Morgan fingerprint density at radius 2 is 1.66 bits per heavy atom. The SMILES string of the molecule is Cc1cc(C)c(-n2c(C)cc([C@@H]3[C@H](c4ccccn4)NC(=S)N3CCC(=O)Nc3cc(C)ccc3C)c2C)c(C)c1. The van der Waals surface area contributed by atoms with Gasteiger partial charge in [0.15, 0.2) is 5.11 Å². The Bertz CT molecular complexity index is 1600. The minimum atomic E-state index is -0.139. The lowest BCUT2D eigenvalue weighted by molar-refractivity contribution is -0.116. The predicted molar refractivity (Wildman–Crippen MR) is 171 cm³/mol. The molecule has 41 heavy (non-hydrogen) atoms. The number of pyridine rings is 1. The van der Waals surface area contributed by atoms with Gasteiger partial charge in [-0.05, 0) is 113 Å². The summed E-state index contributed by atoms with van der Waals surface area (Å²) >= 11 is 5.89. The average molecular weight is 566 g/mol. The van der Waals surface area contributed by atoms with E-state index in [0.29, 0.717) is 18.1 Å².